The quantitative estimate of drug-likeness (QED) is 0.725. The summed E-state index contributed by atoms with van der Waals surface area (Å²) >= 11 is 3.33. The van der Waals surface area contributed by atoms with E-state index in [1.165, 1.54) is 0 Å². The molecule has 0 aromatic heterocycles. The van der Waals surface area contributed by atoms with Gasteiger partial charge in [-0.2, -0.15) is 0 Å². The van der Waals surface area contributed by atoms with Gasteiger partial charge >= 0.3 is 12.0 Å². The largest absolute Gasteiger partial charge is 0.495 e. The average Bonchev–Trinajstić information content (AvgIpc) is 2.89. The monoisotopic (exact) mass is 354 g/mol. The van der Waals surface area contributed by atoms with Crippen LogP contribution in [0.4, 0.5) is 10.5 Å². The van der Waals surface area contributed by atoms with Crippen LogP contribution in [0.5, 0.6) is 5.75 Å². The summed E-state index contributed by atoms with van der Waals surface area (Å²) in [6, 6.07) is 4.53. The Hall–Kier alpha value is -2.02. The molecule has 0 spiro atoms. The third kappa shape index (κ3) is 3.98. The average molecular weight is 355 g/mol. The summed E-state index contributed by atoms with van der Waals surface area (Å²) in [4.78, 5) is 22.7. The molecule has 0 saturated heterocycles. The van der Waals surface area contributed by atoms with Crippen molar-refractivity contribution >= 4 is 33.6 Å². The number of amides is 2. The van der Waals surface area contributed by atoms with E-state index in [0.29, 0.717) is 17.9 Å². The fourth-order valence-electron chi connectivity index (χ4n) is 2.06. The molecule has 1 aliphatic rings. The maximum atomic E-state index is 11.9. The lowest BCUT2D eigenvalue weighted by Gasteiger charge is -2.14. The molecule has 3 N–H and O–H groups in total. The number of urea groups is 1. The van der Waals surface area contributed by atoms with E-state index >= 15 is 0 Å². The standard InChI is InChI=1S/C14H15BrN2O4/c1-21-12-7-10(4-5-11(12)15)17-14(20)16-9-3-2-8(6-9)13(18)19/h2-5,7-9H,6H2,1H3,(H,18,19)(H2,16,17,20). The summed E-state index contributed by atoms with van der Waals surface area (Å²) < 4.78 is 5.94. The Bertz CT molecular complexity index is 588. The second-order valence-electron chi connectivity index (χ2n) is 4.62. The Labute approximate surface area is 130 Å². The second-order valence-corrected chi connectivity index (χ2v) is 5.47. The van der Waals surface area contributed by atoms with Gasteiger partial charge in [0.2, 0.25) is 0 Å². The van der Waals surface area contributed by atoms with Crippen LogP contribution in [0.2, 0.25) is 0 Å². The molecular formula is C14H15BrN2O4. The third-order valence-electron chi connectivity index (χ3n) is 3.13. The number of hydrogen-bond donors (Lipinski definition) is 3. The number of anilines is 1. The summed E-state index contributed by atoms with van der Waals surface area (Å²) in [6.07, 6.45) is 3.66. The first-order valence-corrected chi connectivity index (χ1v) is 7.11. The fourth-order valence-corrected chi connectivity index (χ4v) is 2.47. The molecule has 0 heterocycles. The van der Waals surface area contributed by atoms with E-state index in [2.05, 4.69) is 26.6 Å². The molecule has 1 aromatic carbocycles. The second kappa shape index (κ2) is 6.62. The molecular weight excluding hydrogens is 340 g/mol. The lowest BCUT2D eigenvalue weighted by atomic mass is 10.1. The van der Waals surface area contributed by atoms with E-state index in [-0.39, 0.29) is 12.1 Å². The number of carbonyl (C=O) groups excluding carboxylic acids is 1. The highest BCUT2D eigenvalue weighted by atomic mass is 79.9. The predicted octanol–water partition coefficient (Wildman–Crippen LogP) is 2.61. The zero-order valence-electron chi connectivity index (χ0n) is 11.3. The van der Waals surface area contributed by atoms with Gasteiger partial charge in [-0.25, -0.2) is 4.79 Å². The van der Waals surface area contributed by atoms with Crippen molar-refractivity contribution in [2.75, 3.05) is 12.4 Å². The molecule has 6 nitrogen and oxygen atoms in total. The van der Waals surface area contributed by atoms with Crippen molar-refractivity contribution < 1.29 is 19.4 Å². The van der Waals surface area contributed by atoms with Crippen LogP contribution in [-0.2, 0) is 4.79 Å². The van der Waals surface area contributed by atoms with Gasteiger partial charge in [0.25, 0.3) is 0 Å². The van der Waals surface area contributed by atoms with E-state index in [1.807, 2.05) is 0 Å². The molecule has 2 atom stereocenters. The Balaban J connectivity index is 1.91. The number of benzene rings is 1. The van der Waals surface area contributed by atoms with Gasteiger partial charge in [0.1, 0.15) is 5.75 Å². The zero-order chi connectivity index (χ0) is 15.4. The molecule has 0 fully saturated rings. The molecule has 0 saturated carbocycles. The molecule has 112 valence electrons. The number of ether oxygens (including phenoxy) is 1. The third-order valence-corrected chi connectivity index (χ3v) is 3.78. The SMILES string of the molecule is COc1cc(NC(=O)NC2C=CC(C(=O)O)C2)ccc1Br. The molecule has 1 aromatic rings. The van der Waals surface area contributed by atoms with Crippen molar-refractivity contribution in [2.45, 2.75) is 12.5 Å². The van der Waals surface area contributed by atoms with Gasteiger partial charge in [0, 0.05) is 11.8 Å². The molecule has 2 rings (SSSR count). The maximum Gasteiger partial charge on any atom is 0.319 e. The molecule has 2 unspecified atom stereocenters. The highest BCUT2D eigenvalue weighted by Gasteiger charge is 2.25. The summed E-state index contributed by atoms with van der Waals surface area (Å²) in [6.45, 7) is 0. The number of carbonyl (C=O) groups is 2. The maximum absolute atomic E-state index is 11.9. The summed E-state index contributed by atoms with van der Waals surface area (Å²) in [7, 11) is 1.54. The Morgan fingerprint density at radius 2 is 2.14 bits per heavy atom. The van der Waals surface area contributed by atoms with Gasteiger partial charge in [-0.15, -0.1) is 0 Å². The topological polar surface area (TPSA) is 87.7 Å². The highest BCUT2D eigenvalue weighted by Crippen LogP contribution is 2.27. The van der Waals surface area contributed by atoms with Gasteiger partial charge in [-0.3, -0.25) is 4.79 Å². The minimum Gasteiger partial charge on any atom is -0.495 e. The number of rotatable bonds is 4. The first-order chi connectivity index (χ1) is 9.99. The number of hydrogen-bond acceptors (Lipinski definition) is 3. The van der Waals surface area contributed by atoms with Crippen molar-refractivity contribution in [1.29, 1.82) is 0 Å². The van der Waals surface area contributed by atoms with Gasteiger partial charge in [0.05, 0.1) is 23.5 Å². The van der Waals surface area contributed by atoms with Crippen molar-refractivity contribution in [3.63, 3.8) is 0 Å². The van der Waals surface area contributed by atoms with Crippen molar-refractivity contribution in [3.8, 4) is 5.75 Å². The summed E-state index contributed by atoms with van der Waals surface area (Å²) in [5.74, 6) is -0.809. The molecule has 0 radical (unpaired) electrons. The van der Waals surface area contributed by atoms with Crippen LogP contribution < -0.4 is 15.4 Å². The number of nitrogens with one attached hydrogen (secondary N) is 2. The number of halogens is 1. The van der Waals surface area contributed by atoms with Crippen LogP contribution >= 0.6 is 15.9 Å². The van der Waals surface area contributed by atoms with Crippen molar-refractivity contribution in [2.24, 2.45) is 5.92 Å². The highest BCUT2D eigenvalue weighted by molar-refractivity contribution is 9.10. The van der Waals surface area contributed by atoms with Gasteiger partial charge < -0.3 is 20.5 Å². The normalized spacial score (nSPS) is 20.1. The van der Waals surface area contributed by atoms with Gasteiger partial charge in [-0.1, -0.05) is 12.2 Å². The predicted molar refractivity (Wildman–Crippen MR) is 81.5 cm³/mol. The van der Waals surface area contributed by atoms with E-state index in [4.69, 9.17) is 9.84 Å². The van der Waals surface area contributed by atoms with Crippen LogP contribution in [0.15, 0.2) is 34.8 Å². The molecule has 0 bridgehead atoms. The Morgan fingerprint density at radius 3 is 2.76 bits per heavy atom. The molecule has 1 aliphatic carbocycles. The van der Waals surface area contributed by atoms with E-state index < -0.39 is 11.9 Å². The molecule has 2 amide bonds. The van der Waals surface area contributed by atoms with E-state index in [1.54, 1.807) is 37.5 Å². The van der Waals surface area contributed by atoms with Crippen molar-refractivity contribution in [1.82, 2.24) is 5.32 Å². The van der Waals surface area contributed by atoms with E-state index in [0.717, 1.165) is 4.47 Å². The lowest BCUT2D eigenvalue weighted by Crippen LogP contribution is -2.36. The van der Waals surface area contributed by atoms with Crippen LogP contribution in [0.3, 0.4) is 0 Å². The fraction of sp³-hybridized carbons (Fsp3) is 0.286. The Morgan fingerprint density at radius 1 is 1.38 bits per heavy atom. The Kier molecular flexibility index (Phi) is 4.85. The van der Waals surface area contributed by atoms with Crippen LogP contribution in [0, 0.1) is 5.92 Å². The van der Waals surface area contributed by atoms with Crippen LogP contribution in [0.1, 0.15) is 6.42 Å². The first kappa shape index (κ1) is 15.4. The molecule has 21 heavy (non-hydrogen) atoms. The number of methoxy groups -OCH3 is 1. The molecule has 7 heteroatoms. The summed E-state index contributed by atoms with van der Waals surface area (Å²) in [5, 5.41) is 14.3. The zero-order valence-corrected chi connectivity index (χ0v) is 12.9. The van der Waals surface area contributed by atoms with Gasteiger partial charge in [0.15, 0.2) is 0 Å². The summed E-state index contributed by atoms with van der Waals surface area (Å²) in [5.41, 5.74) is 0.587. The van der Waals surface area contributed by atoms with E-state index in [9.17, 15) is 9.59 Å². The number of aliphatic carboxylic acids is 1. The molecule has 0 aliphatic heterocycles. The van der Waals surface area contributed by atoms with Gasteiger partial charge in [-0.05, 0) is 34.5 Å². The minimum absolute atomic E-state index is 0.275. The number of carboxylic acid groups (broad SMARTS) is 1. The smallest absolute Gasteiger partial charge is 0.319 e. The van der Waals surface area contributed by atoms with Crippen molar-refractivity contribution in [3.05, 3.63) is 34.8 Å². The van der Waals surface area contributed by atoms with Crippen LogP contribution in [0.25, 0.3) is 0 Å². The lowest BCUT2D eigenvalue weighted by molar-refractivity contribution is -0.140. The first-order valence-electron chi connectivity index (χ1n) is 6.32. The van der Waals surface area contributed by atoms with Crippen LogP contribution in [-0.4, -0.2) is 30.3 Å². The number of carboxylic acids is 1. The minimum atomic E-state index is -0.881.